The summed E-state index contributed by atoms with van der Waals surface area (Å²) in [7, 11) is 0. The van der Waals surface area contributed by atoms with Gasteiger partial charge in [0.05, 0.1) is 0 Å². The molecular weight excluding hydrogens is 228 g/mol. The SMILES string of the molecule is CSCCN1CC(C2CC2)NCC1CC(C)C. The Balaban J connectivity index is 1.86. The van der Waals surface area contributed by atoms with Crippen LogP contribution in [0.3, 0.4) is 0 Å². The Morgan fingerprint density at radius 3 is 2.71 bits per heavy atom. The second kappa shape index (κ2) is 6.44. The van der Waals surface area contributed by atoms with Crippen LogP contribution < -0.4 is 5.32 Å². The molecule has 3 heteroatoms. The molecule has 1 saturated carbocycles. The monoisotopic (exact) mass is 256 g/mol. The summed E-state index contributed by atoms with van der Waals surface area (Å²) in [4.78, 5) is 2.76. The molecule has 0 aromatic rings. The Kier molecular flexibility index (Phi) is 5.19. The number of hydrogen-bond donors (Lipinski definition) is 1. The molecule has 0 aromatic heterocycles. The Hall–Kier alpha value is 0.270. The number of piperazine rings is 1. The van der Waals surface area contributed by atoms with E-state index in [1.165, 1.54) is 44.6 Å². The van der Waals surface area contributed by atoms with Gasteiger partial charge < -0.3 is 5.32 Å². The minimum absolute atomic E-state index is 0.775. The largest absolute Gasteiger partial charge is 0.311 e. The first-order valence-corrected chi connectivity index (χ1v) is 8.56. The number of thioether (sulfide) groups is 1. The molecule has 1 N–H and O–H groups in total. The highest BCUT2D eigenvalue weighted by Crippen LogP contribution is 2.34. The van der Waals surface area contributed by atoms with Crippen molar-refractivity contribution in [1.29, 1.82) is 0 Å². The van der Waals surface area contributed by atoms with Crippen LogP contribution in [0.15, 0.2) is 0 Å². The first-order chi connectivity index (χ1) is 8.20. The fourth-order valence-electron chi connectivity index (χ4n) is 2.96. The van der Waals surface area contributed by atoms with Crippen molar-refractivity contribution in [3.63, 3.8) is 0 Å². The Morgan fingerprint density at radius 2 is 2.12 bits per heavy atom. The second-order valence-corrected chi connectivity index (χ2v) is 7.11. The molecule has 1 aliphatic carbocycles. The van der Waals surface area contributed by atoms with Gasteiger partial charge in [0.1, 0.15) is 0 Å². The maximum Gasteiger partial charge on any atom is 0.0224 e. The van der Waals surface area contributed by atoms with Crippen molar-refractivity contribution in [3.05, 3.63) is 0 Å². The van der Waals surface area contributed by atoms with E-state index in [1.54, 1.807) is 0 Å². The molecule has 2 nitrogen and oxygen atoms in total. The maximum absolute atomic E-state index is 3.79. The van der Waals surface area contributed by atoms with E-state index >= 15 is 0 Å². The molecule has 2 unspecified atom stereocenters. The summed E-state index contributed by atoms with van der Waals surface area (Å²) in [6.45, 7) is 8.49. The molecule has 0 amide bonds. The maximum atomic E-state index is 3.79. The zero-order valence-corrected chi connectivity index (χ0v) is 12.4. The molecule has 0 aromatic carbocycles. The van der Waals surface area contributed by atoms with Gasteiger partial charge in [-0.3, -0.25) is 4.90 Å². The van der Waals surface area contributed by atoms with Crippen LogP contribution in [0, 0.1) is 11.8 Å². The highest BCUT2D eigenvalue weighted by Gasteiger charge is 2.36. The van der Waals surface area contributed by atoms with Crippen molar-refractivity contribution in [3.8, 4) is 0 Å². The van der Waals surface area contributed by atoms with Crippen LogP contribution >= 0.6 is 11.8 Å². The molecule has 0 radical (unpaired) electrons. The molecule has 2 atom stereocenters. The lowest BCUT2D eigenvalue weighted by Gasteiger charge is -2.41. The molecule has 2 rings (SSSR count). The van der Waals surface area contributed by atoms with E-state index in [-0.39, 0.29) is 0 Å². The molecule has 2 aliphatic rings. The van der Waals surface area contributed by atoms with Crippen molar-refractivity contribution in [2.24, 2.45) is 11.8 Å². The van der Waals surface area contributed by atoms with Gasteiger partial charge in [0.25, 0.3) is 0 Å². The molecule has 1 heterocycles. The number of nitrogens with zero attached hydrogens (tertiary/aromatic N) is 1. The smallest absolute Gasteiger partial charge is 0.0224 e. The summed E-state index contributed by atoms with van der Waals surface area (Å²) in [5.74, 6) is 3.09. The van der Waals surface area contributed by atoms with Crippen LogP contribution in [0.25, 0.3) is 0 Å². The lowest BCUT2D eigenvalue weighted by molar-refractivity contribution is 0.114. The van der Waals surface area contributed by atoms with Crippen LogP contribution in [-0.4, -0.2) is 48.6 Å². The standard InChI is InChI=1S/C14H28N2S/c1-11(2)8-13-9-15-14(12-4-5-12)10-16(13)6-7-17-3/h11-15H,4-10H2,1-3H3. The molecule has 100 valence electrons. The van der Waals surface area contributed by atoms with Crippen LogP contribution in [0.5, 0.6) is 0 Å². The molecule has 2 fully saturated rings. The summed E-state index contributed by atoms with van der Waals surface area (Å²) in [6.07, 6.45) is 6.49. The van der Waals surface area contributed by atoms with Gasteiger partial charge in [-0.2, -0.15) is 11.8 Å². The summed E-state index contributed by atoms with van der Waals surface area (Å²) >= 11 is 1.98. The van der Waals surface area contributed by atoms with Crippen molar-refractivity contribution >= 4 is 11.8 Å². The predicted octanol–water partition coefficient (Wildman–Crippen LogP) is 2.45. The number of rotatable bonds is 6. The van der Waals surface area contributed by atoms with E-state index in [9.17, 15) is 0 Å². The van der Waals surface area contributed by atoms with Gasteiger partial charge >= 0.3 is 0 Å². The molecular formula is C14H28N2S. The van der Waals surface area contributed by atoms with Gasteiger partial charge in [-0.25, -0.2) is 0 Å². The summed E-state index contributed by atoms with van der Waals surface area (Å²) in [5.41, 5.74) is 0. The first-order valence-electron chi connectivity index (χ1n) is 7.17. The van der Waals surface area contributed by atoms with Gasteiger partial charge in [0.2, 0.25) is 0 Å². The normalized spacial score (nSPS) is 31.1. The third-order valence-electron chi connectivity index (χ3n) is 4.08. The van der Waals surface area contributed by atoms with E-state index in [4.69, 9.17) is 0 Å². The molecule has 0 bridgehead atoms. The minimum Gasteiger partial charge on any atom is -0.311 e. The molecule has 17 heavy (non-hydrogen) atoms. The van der Waals surface area contributed by atoms with Gasteiger partial charge in [0, 0.05) is 37.5 Å². The highest BCUT2D eigenvalue weighted by molar-refractivity contribution is 7.98. The predicted molar refractivity (Wildman–Crippen MR) is 77.7 cm³/mol. The molecule has 1 aliphatic heterocycles. The lowest BCUT2D eigenvalue weighted by Crippen LogP contribution is -2.57. The molecule has 1 saturated heterocycles. The van der Waals surface area contributed by atoms with E-state index < -0.39 is 0 Å². The van der Waals surface area contributed by atoms with E-state index in [2.05, 4.69) is 30.3 Å². The van der Waals surface area contributed by atoms with Crippen LogP contribution in [0.2, 0.25) is 0 Å². The van der Waals surface area contributed by atoms with Crippen molar-refractivity contribution in [1.82, 2.24) is 10.2 Å². The summed E-state index contributed by atoms with van der Waals surface area (Å²) < 4.78 is 0. The highest BCUT2D eigenvalue weighted by atomic mass is 32.2. The quantitative estimate of drug-likeness (QED) is 0.786. The average molecular weight is 256 g/mol. The van der Waals surface area contributed by atoms with Crippen molar-refractivity contribution in [2.75, 3.05) is 31.6 Å². The van der Waals surface area contributed by atoms with Gasteiger partial charge in [0.15, 0.2) is 0 Å². The zero-order chi connectivity index (χ0) is 12.3. The summed E-state index contributed by atoms with van der Waals surface area (Å²) in [6, 6.07) is 1.57. The summed E-state index contributed by atoms with van der Waals surface area (Å²) in [5, 5.41) is 3.79. The van der Waals surface area contributed by atoms with Crippen LogP contribution in [0.1, 0.15) is 33.1 Å². The lowest BCUT2D eigenvalue weighted by atomic mass is 9.98. The number of nitrogens with one attached hydrogen (secondary N) is 1. The fraction of sp³-hybridized carbons (Fsp3) is 1.00. The van der Waals surface area contributed by atoms with Crippen molar-refractivity contribution < 1.29 is 0 Å². The third-order valence-corrected chi connectivity index (χ3v) is 4.67. The van der Waals surface area contributed by atoms with E-state index in [1.807, 2.05) is 11.8 Å². The average Bonchev–Trinajstić information content (AvgIpc) is 3.11. The Bertz CT molecular complexity index is 228. The molecule has 0 spiro atoms. The van der Waals surface area contributed by atoms with Crippen LogP contribution in [-0.2, 0) is 0 Å². The zero-order valence-electron chi connectivity index (χ0n) is 11.6. The second-order valence-electron chi connectivity index (χ2n) is 6.12. The van der Waals surface area contributed by atoms with Crippen LogP contribution in [0.4, 0.5) is 0 Å². The van der Waals surface area contributed by atoms with E-state index in [0.29, 0.717) is 0 Å². The fourth-order valence-corrected chi connectivity index (χ4v) is 3.37. The Labute approximate surface area is 111 Å². The topological polar surface area (TPSA) is 15.3 Å². The van der Waals surface area contributed by atoms with Gasteiger partial charge in [-0.15, -0.1) is 0 Å². The van der Waals surface area contributed by atoms with Gasteiger partial charge in [-0.05, 0) is 37.4 Å². The minimum atomic E-state index is 0.775. The van der Waals surface area contributed by atoms with E-state index in [0.717, 1.165) is 23.9 Å². The first kappa shape index (κ1) is 13.7. The number of hydrogen-bond acceptors (Lipinski definition) is 3. The van der Waals surface area contributed by atoms with Gasteiger partial charge in [-0.1, -0.05) is 13.8 Å². The third kappa shape index (κ3) is 4.15. The Morgan fingerprint density at radius 1 is 1.35 bits per heavy atom. The van der Waals surface area contributed by atoms with Crippen molar-refractivity contribution in [2.45, 2.75) is 45.2 Å².